The Morgan fingerprint density at radius 2 is 1.74 bits per heavy atom. The Kier molecular flexibility index (Phi) is 7.21. The number of esters is 1. The minimum atomic E-state index is -0.883. The summed E-state index contributed by atoms with van der Waals surface area (Å²) in [6.45, 7) is 3.27. The van der Waals surface area contributed by atoms with Crippen molar-refractivity contribution in [1.29, 1.82) is 0 Å². The molecule has 2 atom stereocenters. The first-order chi connectivity index (χ1) is 21.0. The number of likely N-dealkylation sites (tertiary alicyclic amines) is 1. The zero-order valence-corrected chi connectivity index (χ0v) is 24.3. The average molecular weight is 570 g/mol. The molecule has 2 aliphatic heterocycles. The van der Waals surface area contributed by atoms with E-state index in [0.717, 1.165) is 52.7 Å². The maximum absolute atomic E-state index is 13.1. The summed E-state index contributed by atoms with van der Waals surface area (Å²) in [7, 11) is 1.41. The Bertz CT molecular complexity index is 1760. The molecule has 1 aliphatic carbocycles. The third-order valence-electron chi connectivity index (χ3n) is 8.88. The van der Waals surface area contributed by atoms with Crippen molar-refractivity contribution in [3.05, 3.63) is 137 Å². The van der Waals surface area contributed by atoms with Crippen molar-refractivity contribution in [1.82, 2.24) is 4.90 Å². The smallest absolute Gasteiger partial charge is 0.338 e. The van der Waals surface area contributed by atoms with Crippen LogP contribution in [0.25, 0.3) is 22.4 Å². The summed E-state index contributed by atoms with van der Waals surface area (Å²) in [4.78, 5) is 15.6. The van der Waals surface area contributed by atoms with Gasteiger partial charge in [0.05, 0.1) is 18.8 Å². The fourth-order valence-electron chi connectivity index (χ4n) is 6.56. The summed E-state index contributed by atoms with van der Waals surface area (Å²) in [5.74, 6) is 0.246. The quantitative estimate of drug-likeness (QED) is 0.248. The number of rotatable bonds is 6. The molecule has 1 N–H and O–H groups in total. The van der Waals surface area contributed by atoms with Crippen LogP contribution in [0, 0.1) is 0 Å². The molecule has 5 nitrogen and oxygen atoms in total. The van der Waals surface area contributed by atoms with Gasteiger partial charge in [0.15, 0.2) is 5.60 Å². The minimum absolute atomic E-state index is 0.407. The van der Waals surface area contributed by atoms with E-state index in [2.05, 4.69) is 65.6 Å². The van der Waals surface area contributed by atoms with E-state index in [9.17, 15) is 9.90 Å². The van der Waals surface area contributed by atoms with Gasteiger partial charge in [-0.25, -0.2) is 4.79 Å². The molecule has 1 fully saturated rings. The summed E-state index contributed by atoms with van der Waals surface area (Å²) in [5.41, 5.74) is 5.67. The molecular weight excluding hydrogens is 534 g/mol. The first-order valence-corrected chi connectivity index (χ1v) is 15.1. The van der Waals surface area contributed by atoms with E-state index in [1.807, 2.05) is 48.6 Å². The molecular formula is C38H35NO4. The van der Waals surface area contributed by atoms with Gasteiger partial charge in [-0.1, -0.05) is 85.0 Å². The molecule has 4 aromatic rings. The van der Waals surface area contributed by atoms with Gasteiger partial charge in [0.25, 0.3) is 0 Å². The van der Waals surface area contributed by atoms with Gasteiger partial charge >= 0.3 is 5.97 Å². The van der Waals surface area contributed by atoms with Crippen LogP contribution in [-0.4, -0.2) is 42.3 Å². The highest BCUT2D eigenvalue weighted by Gasteiger charge is 2.39. The molecule has 3 aliphatic rings. The van der Waals surface area contributed by atoms with Crippen molar-refractivity contribution in [2.24, 2.45) is 0 Å². The first-order valence-electron chi connectivity index (χ1n) is 15.1. The summed E-state index contributed by atoms with van der Waals surface area (Å²) in [6, 6.07) is 27.1. The van der Waals surface area contributed by atoms with Crippen LogP contribution < -0.4 is 4.74 Å². The molecule has 0 bridgehead atoms. The van der Waals surface area contributed by atoms with E-state index in [0.29, 0.717) is 23.3 Å². The third-order valence-corrected chi connectivity index (χ3v) is 8.88. The van der Waals surface area contributed by atoms with E-state index < -0.39 is 17.7 Å². The van der Waals surface area contributed by atoms with E-state index in [1.54, 1.807) is 0 Å². The van der Waals surface area contributed by atoms with E-state index in [1.165, 1.54) is 25.5 Å². The largest absolute Gasteiger partial charge is 0.472 e. The second kappa shape index (κ2) is 11.3. The maximum atomic E-state index is 13.1. The number of hydrogen-bond acceptors (Lipinski definition) is 5. The molecule has 0 aromatic heterocycles. The van der Waals surface area contributed by atoms with Crippen molar-refractivity contribution < 1.29 is 19.4 Å². The Morgan fingerprint density at radius 3 is 2.47 bits per heavy atom. The van der Waals surface area contributed by atoms with Crippen molar-refractivity contribution in [3.63, 3.8) is 0 Å². The van der Waals surface area contributed by atoms with Crippen molar-refractivity contribution in [2.75, 3.05) is 20.2 Å². The third kappa shape index (κ3) is 5.09. The second-order valence-corrected chi connectivity index (χ2v) is 11.6. The SMILES string of the molecule is COC(=O)c1cc2cc(C3=CCC(O)C=C3)ccc2c2c1C=CC(c1ccccc1)(c1ccc(CN3CCCC3)cc1)O2. The van der Waals surface area contributed by atoms with Crippen LogP contribution in [0.15, 0.2) is 103 Å². The molecule has 0 spiro atoms. The van der Waals surface area contributed by atoms with Crippen molar-refractivity contribution in [3.8, 4) is 5.75 Å². The van der Waals surface area contributed by atoms with Crippen LogP contribution in [-0.2, 0) is 16.9 Å². The summed E-state index contributed by atoms with van der Waals surface area (Å²) in [5, 5.41) is 11.7. The highest BCUT2D eigenvalue weighted by Crippen LogP contribution is 2.47. The Labute approximate surface area is 252 Å². The fourth-order valence-corrected chi connectivity index (χ4v) is 6.56. The average Bonchev–Trinajstić information content (AvgIpc) is 3.57. The number of benzene rings is 4. The predicted octanol–water partition coefficient (Wildman–Crippen LogP) is 7.28. The van der Waals surface area contributed by atoms with E-state index in [-0.39, 0.29) is 0 Å². The Hall–Kier alpha value is -4.45. The van der Waals surface area contributed by atoms with Crippen LogP contribution in [0.3, 0.4) is 0 Å². The lowest BCUT2D eigenvalue weighted by Gasteiger charge is -2.37. The molecule has 43 heavy (non-hydrogen) atoms. The summed E-state index contributed by atoms with van der Waals surface area (Å²) in [6.07, 6.45) is 12.5. The molecule has 5 heteroatoms. The topological polar surface area (TPSA) is 59.0 Å². The minimum Gasteiger partial charge on any atom is -0.472 e. The van der Waals surface area contributed by atoms with Gasteiger partial charge in [-0.05, 0) is 78.7 Å². The summed E-state index contributed by atoms with van der Waals surface area (Å²) < 4.78 is 12.4. The number of nitrogens with zero attached hydrogens (tertiary/aromatic N) is 1. The number of aliphatic hydroxyl groups is 1. The molecule has 7 rings (SSSR count). The monoisotopic (exact) mass is 569 g/mol. The standard InChI is InChI=1S/C38H35NO4/c1-42-37(41)35-24-29-23-28(27-11-16-32(40)17-12-27)13-18-33(29)36-34(35)19-20-38(43-36,30-7-3-2-4-8-30)31-14-9-26(10-15-31)25-39-21-5-6-22-39/h2-4,7-16,18-20,23-24,32,40H,5-6,17,21-22,25H2,1H3. The Balaban J connectivity index is 1.36. The van der Waals surface area contributed by atoms with Gasteiger partial charge in [0.2, 0.25) is 0 Å². The van der Waals surface area contributed by atoms with Gasteiger partial charge in [0.1, 0.15) is 5.75 Å². The predicted molar refractivity (Wildman–Crippen MR) is 171 cm³/mol. The second-order valence-electron chi connectivity index (χ2n) is 11.6. The number of hydrogen-bond donors (Lipinski definition) is 1. The van der Waals surface area contributed by atoms with Gasteiger partial charge < -0.3 is 14.6 Å². The number of ether oxygens (including phenoxy) is 2. The fraction of sp³-hybridized carbons (Fsp3) is 0.237. The van der Waals surface area contributed by atoms with Crippen LogP contribution in [0.4, 0.5) is 0 Å². The number of allylic oxidation sites excluding steroid dienone is 2. The van der Waals surface area contributed by atoms with Crippen LogP contribution in [0.2, 0.25) is 0 Å². The lowest BCUT2D eigenvalue weighted by Crippen LogP contribution is -2.34. The van der Waals surface area contributed by atoms with Gasteiger partial charge in [-0.15, -0.1) is 0 Å². The molecule has 0 amide bonds. The molecule has 216 valence electrons. The van der Waals surface area contributed by atoms with Gasteiger partial charge in [-0.3, -0.25) is 4.90 Å². The number of carbonyl (C=O) groups is 1. The van der Waals surface area contributed by atoms with Gasteiger partial charge in [-0.2, -0.15) is 0 Å². The van der Waals surface area contributed by atoms with E-state index in [4.69, 9.17) is 9.47 Å². The molecule has 2 unspecified atom stereocenters. The highest BCUT2D eigenvalue weighted by atomic mass is 16.5. The zero-order valence-electron chi connectivity index (χ0n) is 24.3. The van der Waals surface area contributed by atoms with Crippen LogP contribution in [0.1, 0.15) is 57.4 Å². The lowest BCUT2D eigenvalue weighted by molar-refractivity contribution is 0.0599. The highest BCUT2D eigenvalue weighted by molar-refractivity contribution is 6.04. The van der Waals surface area contributed by atoms with Crippen molar-refractivity contribution >= 4 is 28.4 Å². The number of methoxy groups -OCH3 is 1. The maximum Gasteiger partial charge on any atom is 0.338 e. The first kappa shape index (κ1) is 27.4. The van der Waals surface area contributed by atoms with Gasteiger partial charge in [0, 0.05) is 28.6 Å². The summed E-state index contributed by atoms with van der Waals surface area (Å²) >= 11 is 0. The number of fused-ring (bicyclic) bond motifs is 3. The molecule has 2 heterocycles. The molecule has 1 saturated heterocycles. The molecule has 4 aromatic carbocycles. The lowest BCUT2D eigenvalue weighted by atomic mass is 9.82. The normalized spacial score (nSPS) is 21.3. The zero-order chi connectivity index (χ0) is 29.4. The molecule has 0 radical (unpaired) electrons. The Morgan fingerprint density at radius 1 is 0.977 bits per heavy atom. The molecule has 0 saturated carbocycles. The van der Waals surface area contributed by atoms with Crippen LogP contribution in [0.5, 0.6) is 5.75 Å². The van der Waals surface area contributed by atoms with E-state index >= 15 is 0 Å². The number of aliphatic hydroxyl groups excluding tert-OH is 1. The van der Waals surface area contributed by atoms with Crippen LogP contribution >= 0.6 is 0 Å². The van der Waals surface area contributed by atoms with Crippen molar-refractivity contribution in [2.45, 2.75) is 37.5 Å². The number of carbonyl (C=O) groups excluding carboxylic acids is 1.